The van der Waals surface area contributed by atoms with Crippen LogP contribution in [0.2, 0.25) is 0 Å². The van der Waals surface area contributed by atoms with Crippen molar-refractivity contribution >= 4 is 43.3 Å². The van der Waals surface area contributed by atoms with E-state index in [1.807, 2.05) is 10.2 Å². The molecule has 0 bridgehead atoms. The number of aliphatic carboxylic acids is 1. The van der Waals surface area contributed by atoms with Crippen LogP contribution in [-0.4, -0.2) is 88.6 Å². The lowest BCUT2D eigenvalue weighted by Crippen LogP contribution is -2.46. The Balaban J connectivity index is 1.56. The van der Waals surface area contributed by atoms with E-state index in [0.717, 1.165) is 19.1 Å². The summed E-state index contributed by atoms with van der Waals surface area (Å²) in [6.07, 6.45) is 0.255. The van der Waals surface area contributed by atoms with Gasteiger partial charge in [-0.05, 0) is 54.8 Å². The fourth-order valence-corrected chi connectivity index (χ4v) is 6.07. The second kappa shape index (κ2) is 12.7. The number of amides is 1. The molecule has 16 heteroatoms. The smallest absolute Gasteiger partial charge is 0.408 e. The van der Waals surface area contributed by atoms with Crippen molar-refractivity contribution in [3.05, 3.63) is 48.0 Å². The Morgan fingerprint density at radius 3 is 2.25 bits per heavy atom. The molecule has 1 unspecified atom stereocenters. The molecule has 14 nitrogen and oxygen atoms in total. The van der Waals surface area contributed by atoms with E-state index in [0.29, 0.717) is 31.5 Å². The number of aliphatic hydroxyl groups is 1. The van der Waals surface area contributed by atoms with E-state index in [9.17, 15) is 41.7 Å². The van der Waals surface area contributed by atoms with Gasteiger partial charge in [-0.25, -0.2) is 26.4 Å². The second-order valence-electron chi connectivity index (χ2n) is 9.23. The van der Waals surface area contributed by atoms with E-state index >= 15 is 0 Å². The Hall–Kier alpha value is -3.60. The molecule has 1 saturated heterocycles. The van der Waals surface area contributed by atoms with Crippen LogP contribution in [0.15, 0.2) is 47.4 Å². The maximum Gasteiger partial charge on any atom is 0.408 e. The van der Waals surface area contributed by atoms with Crippen LogP contribution in [-0.2, 0) is 29.4 Å². The second-order valence-corrected chi connectivity index (χ2v) is 13.0. The number of nitrogens with one attached hydrogen (secondary N) is 3. The molecule has 1 heterocycles. The van der Waals surface area contributed by atoms with Gasteiger partial charge in [-0.3, -0.25) is 10.0 Å². The summed E-state index contributed by atoms with van der Waals surface area (Å²) < 4.78 is 55.0. The number of carboxylic acid groups (broad SMARTS) is 1. The topological polar surface area (TPSA) is 212 Å². The monoisotopic (exact) mass is 600 g/mol. The number of sulfonamides is 1. The SMILES string of the molecule is COC(=O)NC(C(=O)O)S(=O)(=O)c1ccc(N2CCC(NC[C@H](O)c3ccc(O)c(NS(C)(=O)=O)c3)CC2)cc1. The molecule has 0 spiro atoms. The van der Waals surface area contributed by atoms with Crippen molar-refractivity contribution in [1.29, 1.82) is 0 Å². The Morgan fingerprint density at radius 2 is 1.70 bits per heavy atom. The van der Waals surface area contributed by atoms with Crippen LogP contribution < -0.4 is 20.3 Å². The number of methoxy groups -OCH3 is 1. The van der Waals surface area contributed by atoms with Gasteiger partial charge in [0.1, 0.15) is 5.75 Å². The molecule has 3 rings (SSSR count). The van der Waals surface area contributed by atoms with Crippen molar-refractivity contribution < 1.29 is 46.5 Å². The number of sulfone groups is 1. The number of anilines is 2. The zero-order valence-electron chi connectivity index (χ0n) is 21.8. The molecule has 0 aromatic heterocycles. The molecule has 40 heavy (non-hydrogen) atoms. The van der Waals surface area contributed by atoms with Crippen molar-refractivity contribution in [2.45, 2.75) is 35.3 Å². The molecule has 1 fully saturated rings. The van der Waals surface area contributed by atoms with Gasteiger partial charge in [-0.1, -0.05) is 6.07 Å². The van der Waals surface area contributed by atoms with Gasteiger partial charge in [0.25, 0.3) is 0 Å². The first-order chi connectivity index (χ1) is 18.7. The summed E-state index contributed by atoms with van der Waals surface area (Å²) in [5.41, 5.74) is 1.14. The first-order valence-electron chi connectivity index (χ1n) is 12.1. The average molecular weight is 601 g/mol. The number of carbonyl (C=O) groups is 2. The third-order valence-corrected chi connectivity index (χ3v) is 8.75. The van der Waals surface area contributed by atoms with Gasteiger partial charge in [-0.15, -0.1) is 0 Å². The first-order valence-corrected chi connectivity index (χ1v) is 15.5. The van der Waals surface area contributed by atoms with Gasteiger partial charge < -0.3 is 30.3 Å². The van der Waals surface area contributed by atoms with Gasteiger partial charge in [0, 0.05) is 31.4 Å². The quantitative estimate of drug-likeness (QED) is 0.196. The number of carboxylic acids is 1. The summed E-state index contributed by atoms with van der Waals surface area (Å²) in [6.45, 7) is 1.46. The molecular formula is C24H32N4O10S2. The number of aliphatic hydroxyl groups excluding tert-OH is 1. The van der Waals surface area contributed by atoms with Crippen LogP contribution >= 0.6 is 0 Å². The Morgan fingerprint density at radius 1 is 1.07 bits per heavy atom. The minimum Gasteiger partial charge on any atom is -0.506 e. The first kappa shape index (κ1) is 30.9. The average Bonchev–Trinajstić information content (AvgIpc) is 2.90. The number of benzene rings is 2. The lowest BCUT2D eigenvalue weighted by molar-refractivity contribution is -0.137. The van der Waals surface area contributed by atoms with Gasteiger partial charge in [-0.2, -0.15) is 0 Å². The fourth-order valence-electron chi connectivity index (χ4n) is 4.20. The molecule has 1 aliphatic rings. The highest BCUT2D eigenvalue weighted by Gasteiger charge is 2.36. The van der Waals surface area contributed by atoms with Gasteiger partial charge in [0.15, 0.2) is 0 Å². The van der Waals surface area contributed by atoms with E-state index in [-0.39, 0.29) is 28.9 Å². The Bertz CT molecular complexity index is 1420. The van der Waals surface area contributed by atoms with Gasteiger partial charge in [0.05, 0.1) is 30.1 Å². The van der Waals surface area contributed by atoms with Crippen LogP contribution in [0.25, 0.3) is 0 Å². The predicted molar refractivity (Wildman–Crippen MR) is 145 cm³/mol. The van der Waals surface area contributed by atoms with Crippen molar-refractivity contribution in [1.82, 2.24) is 10.6 Å². The number of ether oxygens (including phenoxy) is 1. The van der Waals surface area contributed by atoms with Crippen LogP contribution in [0.4, 0.5) is 16.2 Å². The van der Waals surface area contributed by atoms with Crippen LogP contribution in [0.3, 0.4) is 0 Å². The van der Waals surface area contributed by atoms with Gasteiger partial charge in [0.2, 0.25) is 25.2 Å². The van der Waals surface area contributed by atoms with Crippen LogP contribution in [0.1, 0.15) is 24.5 Å². The number of hydrogen-bond acceptors (Lipinski definition) is 11. The molecule has 6 N–H and O–H groups in total. The summed E-state index contributed by atoms with van der Waals surface area (Å²) in [4.78, 5) is 24.6. The number of nitrogens with zero attached hydrogens (tertiary/aromatic N) is 1. The molecule has 220 valence electrons. The molecule has 1 amide bonds. The summed E-state index contributed by atoms with van der Waals surface area (Å²) in [5.74, 6) is -2.00. The van der Waals surface area contributed by atoms with Gasteiger partial charge >= 0.3 is 12.1 Å². The number of piperidine rings is 1. The number of hydrogen-bond donors (Lipinski definition) is 6. The molecular weight excluding hydrogens is 568 g/mol. The largest absolute Gasteiger partial charge is 0.506 e. The molecule has 2 atom stereocenters. The zero-order chi connectivity index (χ0) is 29.7. The molecule has 0 saturated carbocycles. The molecule has 2 aromatic rings. The van der Waals surface area contributed by atoms with Crippen LogP contribution in [0.5, 0.6) is 5.75 Å². The molecule has 1 aliphatic heterocycles. The summed E-state index contributed by atoms with van der Waals surface area (Å²) in [6, 6.07) is 9.96. The van der Waals surface area contributed by atoms with E-state index in [2.05, 4.69) is 14.8 Å². The maximum absolute atomic E-state index is 12.7. The third-order valence-electron chi connectivity index (χ3n) is 6.29. The minimum absolute atomic E-state index is 0.0237. The van der Waals surface area contributed by atoms with Crippen molar-refractivity contribution in [3.8, 4) is 5.75 Å². The number of phenolic OH excluding ortho intramolecular Hbond substituents is 1. The van der Waals surface area contributed by atoms with E-state index in [4.69, 9.17) is 0 Å². The molecule has 2 aromatic carbocycles. The van der Waals surface area contributed by atoms with Crippen molar-refractivity contribution in [3.63, 3.8) is 0 Å². The summed E-state index contributed by atoms with van der Waals surface area (Å²) in [7, 11) is -7.04. The maximum atomic E-state index is 12.7. The lowest BCUT2D eigenvalue weighted by Gasteiger charge is -2.34. The fraction of sp³-hybridized carbons (Fsp3) is 0.417. The Kier molecular flexibility index (Phi) is 9.83. The number of phenols is 1. The highest BCUT2D eigenvalue weighted by atomic mass is 32.2. The lowest BCUT2D eigenvalue weighted by atomic mass is 10.0. The minimum atomic E-state index is -4.43. The third kappa shape index (κ3) is 7.97. The molecule has 0 aliphatic carbocycles. The number of rotatable bonds is 11. The number of carbonyl (C=O) groups excluding carboxylic acids is 1. The number of alkyl carbamates (subject to hydrolysis) is 1. The highest BCUT2D eigenvalue weighted by molar-refractivity contribution is 7.92. The standard InChI is InChI=1S/C24H32N4O10S2/c1-38-24(33)26-22(23(31)32)40(36,37)18-6-4-17(5-7-18)28-11-9-16(10-12-28)25-14-21(30)15-3-8-20(29)19(13-15)27-39(2,34)35/h3-8,13,16,21-22,25,27,29-30H,9-12,14H2,1-2H3,(H,26,33)(H,31,32)/t21-,22?/m0/s1. The van der Waals surface area contributed by atoms with E-state index < -0.39 is 43.4 Å². The van der Waals surface area contributed by atoms with E-state index in [1.54, 1.807) is 12.1 Å². The molecule has 0 radical (unpaired) electrons. The normalized spacial score (nSPS) is 16.1. The van der Waals surface area contributed by atoms with Crippen LogP contribution in [0, 0.1) is 0 Å². The van der Waals surface area contributed by atoms with Crippen molar-refractivity contribution in [2.24, 2.45) is 0 Å². The highest BCUT2D eigenvalue weighted by Crippen LogP contribution is 2.28. The predicted octanol–water partition coefficient (Wildman–Crippen LogP) is 0.596. The Labute approximate surface area is 231 Å². The van der Waals surface area contributed by atoms with E-state index in [1.165, 1.54) is 30.3 Å². The summed E-state index contributed by atoms with van der Waals surface area (Å²) >= 11 is 0. The number of aromatic hydroxyl groups is 1. The summed E-state index contributed by atoms with van der Waals surface area (Å²) in [5, 5.41) is 32.6. The van der Waals surface area contributed by atoms with Crippen molar-refractivity contribution in [2.75, 3.05) is 42.6 Å². The zero-order valence-corrected chi connectivity index (χ0v) is 23.4.